The molecule has 1 saturated heterocycles. The molecule has 1 fully saturated rings. The number of primary amides is 1. The van der Waals surface area contributed by atoms with Crippen LogP contribution in [0.25, 0.3) is 0 Å². The third kappa shape index (κ3) is 4.67. The molecule has 0 aliphatic carbocycles. The molecule has 3 N–H and O–H groups in total. The minimum Gasteiger partial charge on any atom is -0.366 e. The predicted octanol–water partition coefficient (Wildman–Crippen LogP) is 2.68. The maximum atomic E-state index is 12.2. The highest BCUT2D eigenvalue weighted by molar-refractivity contribution is 6.05. The van der Waals surface area contributed by atoms with Crippen LogP contribution < -0.4 is 11.1 Å². The Morgan fingerprint density at radius 3 is 2.12 bits per heavy atom. The SMILES string of the molecule is NC(=O)c1ccc(C(=O)Nc2ccc(CCN3CCCC3)cc2)cc1. The minimum atomic E-state index is -0.503. The van der Waals surface area contributed by atoms with Gasteiger partial charge < -0.3 is 16.0 Å². The van der Waals surface area contributed by atoms with E-state index in [-0.39, 0.29) is 5.91 Å². The molecule has 2 amide bonds. The molecule has 5 nitrogen and oxygen atoms in total. The molecule has 130 valence electrons. The van der Waals surface area contributed by atoms with Gasteiger partial charge in [-0.15, -0.1) is 0 Å². The fraction of sp³-hybridized carbons (Fsp3) is 0.300. The lowest BCUT2D eigenvalue weighted by Gasteiger charge is -2.14. The fourth-order valence-electron chi connectivity index (χ4n) is 3.04. The summed E-state index contributed by atoms with van der Waals surface area (Å²) < 4.78 is 0. The Morgan fingerprint density at radius 1 is 0.920 bits per heavy atom. The maximum absolute atomic E-state index is 12.2. The van der Waals surface area contributed by atoms with Crippen LogP contribution in [0.15, 0.2) is 48.5 Å². The van der Waals surface area contributed by atoms with Crippen LogP contribution in [-0.2, 0) is 6.42 Å². The van der Waals surface area contributed by atoms with E-state index in [1.807, 2.05) is 12.1 Å². The maximum Gasteiger partial charge on any atom is 0.255 e. The number of amides is 2. The van der Waals surface area contributed by atoms with Gasteiger partial charge in [0, 0.05) is 23.4 Å². The molecule has 0 spiro atoms. The Hall–Kier alpha value is -2.66. The zero-order chi connectivity index (χ0) is 17.6. The van der Waals surface area contributed by atoms with Gasteiger partial charge in [-0.05, 0) is 74.3 Å². The van der Waals surface area contributed by atoms with E-state index in [1.54, 1.807) is 24.3 Å². The zero-order valence-corrected chi connectivity index (χ0v) is 14.2. The Bertz CT molecular complexity index is 733. The number of carbonyl (C=O) groups is 2. The lowest BCUT2D eigenvalue weighted by Crippen LogP contribution is -2.21. The number of anilines is 1. The summed E-state index contributed by atoms with van der Waals surface area (Å²) in [5.74, 6) is -0.711. The summed E-state index contributed by atoms with van der Waals surface area (Å²) in [5.41, 5.74) is 8.11. The Labute approximate surface area is 147 Å². The third-order valence-corrected chi connectivity index (χ3v) is 4.56. The molecule has 3 rings (SSSR count). The summed E-state index contributed by atoms with van der Waals surface area (Å²) in [6.07, 6.45) is 3.65. The van der Waals surface area contributed by atoms with Crippen molar-refractivity contribution in [3.63, 3.8) is 0 Å². The second kappa shape index (κ2) is 7.94. The normalized spacial score (nSPS) is 14.4. The van der Waals surface area contributed by atoms with E-state index in [4.69, 9.17) is 5.73 Å². The first-order chi connectivity index (χ1) is 12.1. The van der Waals surface area contributed by atoms with Gasteiger partial charge >= 0.3 is 0 Å². The molecule has 0 aromatic heterocycles. The molecule has 0 saturated carbocycles. The van der Waals surface area contributed by atoms with Gasteiger partial charge in [0.05, 0.1) is 0 Å². The van der Waals surface area contributed by atoms with Crippen LogP contribution in [0.5, 0.6) is 0 Å². The predicted molar refractivity (Wildman–Crippen MR) is 98.7 cm³/mol. The lowest BCUT2D eigenvalue weighted by molar-refractivity contribution is 0.0995. The summed E-state index contributed by atoms with van der Waals surface area (Å²) in [6, 6.07) is 14.3. The highest BCUT2D eigenvalue weighted by Gasteiger charge is 2.11. The molecule has 2 aromatic carbocycles. The van der Waals surface area contributed by atoms with Crippen molar-refractivity contribution < 1.29 is 9.59 Å². The molecule has 1 aliphatic heterocycles. The van der Waals surface area contributed by atoms with Crippen LogP contribution in [0.1, 0.15) is 39.1 Å². The van der Waals surface area contributed by atoms with Gasteiger partial charge in [0.1, 0.15) is 0 Å². The molecule has 0 bridgehead atoms. The summed E-state index contributed by atoms with van der Waals surface area (Å²) in [5, 5.41) is 2.87. The highest BCUT2D eigenvalue weighted by Crippen LogP contribution is 2.14. The average molecular weight is 337 g/mol. The van der Waals surface area contributed by atoms with Crippen molar-refractivity contribution in [3.8, 4) is 0 Å². The molecule has 25 heavy (non-hydrogen) atoms. The number of hydrogen-bond acceptors (Lipinski definition) is 3. The summed E-state index contributed by atoms with van der Waals surface area (Å²) in [6.45, 7) is 3.52. The van der Waals surface area contributed by atoms with Crippen LogP contribution in [-0.4, -0.2) is 36.3 Å². The van der Waals surface area contributed by atoms with E-state index in [9.17, 15) is 9.59 Å². The van der Waals surface area contributed by atoms with Gasteiger partial charge in [0.15, 0.2) is 0 Å². The number of nitrogens with two attached hydrogens (primary N) is 1. The van der Waals surface area contributed by atoms with E-state index < -0.39 is 5.91 Å². The Balaban J connectivity index is 1.54. The van der Waals surface area contributed by atoms with Gasteiger partial charge in [0.25, 0.3) is 5.91 Å². The molecule has 1 aliphatic rings. The van der Waals surface area contributed by atoms with Crippen LogP contribution in [0.2, 0.25) is 0 Å². The first kappa shape index (κ1) is 17.2. The second-order valence-corrected chi connectivity index (χ2v) is 6.39. The second-order valence-electron chi connectivity index (χ2n) is 6.39. The molecule has 2 aromatic rings. The smallest absolute Gasteiger partial charge is 0.255 e. The lowest BCUT2D eigenvalue weighted by atomic mass is 10.1. The Morgan fingerprint density at radius 2 is 1.52 bits per heavy atom. The summed E-state index contributed by atoms with van der Waals surface area (Å²) >= 11 is 0. The third-order valence-electron chi connectivity index (χ3n) is 4.56. The molecule has 0 radical (unpaired) electrons. The van der Waals surface area contributed by atoms with Crippen LogP contribution in [0.4, 0.5) is 5.69 Å². The van der Waals surface area contributed by atoms with Crippen LogP contribution in [0.3, 0.4) is 0 Å². The minimum absolute atomic E-state index is 0.208. The number of rotatable bonds is 6. The topological polar surface area (TPSA) is 75.4 Å². The average Bonchev–Trinajstić information content (AvgIpc) is 3.15. The van der Waals surface area contributed by atoms with Crippen molar-refractivity contribution in [1.29, 1.82) is 0 Å². The van der Waals surface area contributed by atoms with Crippen molar-refractivity contribution in [1.82, 2.24) is 4.90 Å². The van der Waals surface area contributed by atoms with Crippen LogP contribution >= 0.6 is 0 Å². The fourth-order valence-corrected chi connectivity index (χ4v) is 3.04. The van der Waals surface area contributed by atoms with Gasteiger partial charge in [-0.1, -0.05) is 12.1 Å². The molecular formula is C20H23N3O2. The van der Waals surface area contributed by atoms with E-state index in [2.05, 4.69) is 22.3 Å². The van der Waals surface area contributed by atoms with E-state index in [1.165, 1.54) is 31.5 Å². The molecular weight excluding hydrogens is 314 g/mol. The number of benzene rings is 2. The van der Waals surface area contributed by atoms with Crippen molar-refractivity contribution in [3.05, 3.63) is 65.2 Å². The highest BCUT2D eigenvalue weighted by atomic mass is 16.2. The molecule has 1 heterocycles. The Kier molecular flexibility index (Phi) is 5.46. The number of likely N-dealkylation sites (tertiary alicyclic amines) is 1. The van der Waals surface area contributed by atoms with Crippen molar-refractivity contribution in [2.45, 2.75) is 19.3 Å². The summed E-state index contributed by atoms with van der Waals surface area (Å²) in [7, 11) is 0. The van der Waals surface area contributed by atoms with Gasteiger partial charge in [-0.25, -0.2) is 0 Å². The number of nitrogens with one attached hydrogen (secondary N) is 1. The summed E-state index contributed by atoms with van der Waals surface area (Å²) in [4.78, 5) is 25.8. The number of carbonyl (C=O) groups excluding carboxylic acids is 2. The molecule has 0 unspecified atom stereocenters. The number of nitrogens with zero attached hydrogens (tertiary/aromatic N) is 1. The first-order valence-corrected chi connectivity index (χ1v) is 8.64. The monoisotopic (exact) mass is 337 g/mol. The van der Waals surface area contributed by atoms with Crippen molar-refractivity contribution >= 4 is 17.5 Å². The van der Waals surface area contributed by atoms with E-state index in [0.29, 0.717) is 11.1 Å². The standard InChI is InChI=1S/C20H23N3O2/c21-19(24)16-5-7-17(8-6-16)20(25)22-18-9-3-15(4-10-18)11-14-23-12-1-2-13-23/h3-10H,1-2,11-14H2,(H2,21,24)(H,22,25). The van der Waals surface area contributed by atoms with Crippen LogP contribution in [0, 0.1) is 0 Å². The van der Waals surface area contributed by atoms with E-state index >= 15 is 0 Å². The van der Waals surface area contributed by atoms with Crippen molar-refractivity contribution in [2.24, 2.45) is 5.73 Å². The zero-order valence-electron chi connectivity index (χ0n) is 14.2. The quantitative estimate of drug-likeness (QED) is 0.851. The van der Waals surface area contributed by atoms with Gasteiger partial charge in [-0.2, -0.15) is 0 Å². The van der Waals surface area contributed by atoms with Gasteiger partial charge in [-0.3, -0.25) is 9.59 Å². The van der Waals surface area contributed by atoms with Gasteiger partial charge in [0.2, 0.25) is 5.91 Å². The molecule has 0 atom stereocenters. The van der Waals surface area contributed by atoms with Crippen molar-refractivity contribution in [2.75, 3.05) is 25.0 Å². The number of hydrogen-bond donors (Lipinski definition) is 2. The largest absolute Gasteiger partial charge is 0.366 e. The first-order valence-electron chi connectivity index (χ1n) is 8.64. The molecule has 5 heteroatoms. The van der Waals surface area contributed by atoms with E-state index in [0.717, 1.165) is 18.7 Å².